The molecule has 121 heavy (non-hydrogen) atoms. The molecule has 0 fully saturated rings. The van der Waals surface area contributed by atoms with Crippen LogP contribution in [0, 0.1) is 6.92 Å². The summed E-state index contributed by atoms with van der Waals surface area (Å²) in [5, 5.41) is 23.3. The Labute approximate surface area is 702 Å². The van der Waals surface area contributed by atoms with Gasteiger partial charge in [-0.3, -0.25) is 38.7 Å². The maximum Gasteiger partial charge on any atom is 0.255 e. The third-order valence-electron chi connectivity index (χ3n) is 18.3. The quantitative estimate of drug-likeness (QED) is 0.0220. The van der Waals surface area contributed by atoms with E-state index in [1.165, 1.54) is 0 Å². The van der Waals surface area contributed by atoms with Crippen molar-refractivity contribution in [2.24, 2.45) is 0 Å². The monoisotopic (exact) mass is 1610 g/mol. The standard InChI is InChI=1S/C37H33N7O2.C30H30N6O2.C29H28N6O2/c1-43(2)22-9-14-31(45)25-26-10-8-13-28(24-26)36(46)39-29-16-18-30(19-17-29)40-37-38-21-20-32(41-37)34-33-15-6-7-23-44(33)42-35(34)27-11-4-3-5-12-27;1-21-17-25(11-12-27(21)34-30-32-15-13-28(35-30)24-9-5-14-31-20-24)33-29(38)23-8-4-7-22(18-23)19-26(37)10-6-16-36(2)3;1-35(2)17-5-9-26(36)19-21-6-3-7-22(18-21)28(37)32-24-10-12-25(13-11-24)33-29-31-16-14-27(34-29)23-8-4-15-30-20-23/h3-21,23-24H,22,25H2,1-2H3,(H,39,46)(H,38,40,41);4-15,17-18,20H,16,19H2,1-3H3,(H,33,38)(H,32,34,35);3-16,18,20H,17,19H2,1-2H3,(H,32,37)(H,31,33,34)/b14-9+;10-6+;9-5+. The maximum atomic E-state index is 13.0. The fraction of sp³-hybridized carbons (Fsp3) is 0.135. The average Bonchev–Trinajstić information content (AvgIpc) is 1.62. The van der Waals surface area contributed by atoms with E-state index in [9.17, 15) is 28.8 Å². The molecule has 7 aromatic carbocycles. The molecule has 0 aliphatic heterocycles. The number of carbonyl (C=O) groups excluding carboxylic acids is 6. The van der Waals surface area contributed by atoms with Crippen LogP contribution < -0.4 is 31.9 Å². The highest BCUT2D eigenvalue weighted by molar-refractivity contribution is 6.07. The van der Waals surface area contributed by atoms with Crippen molar-refractivity contribution in [3.8, 4) is 45.0 Å². The number of ketones is 3. The van der Waals surface area contributed by atoms with Gasteiger partial charge in [0.2, 0.25) is 17.8 Å². The molecule has 0 aliphatic carbocycles. The molecular formula is C96H91N19O6. The van der Waals surface area contributed by atoms with E-state index in [1.54, 1.807) is 128 Å². The van der Waals surface area contributed by atoms with E-state index in [0.717, 1.165) is 89.9 Å². The predicted octanol–water partition coefficient (Wildman–Crippen LogP) is 16.5. The van der Waals surface area contributed by atoms with E-state index < -0.39 is 0 Å². The van der Waals surface area contributed by atoms with Crippen molar-refractivity contribution in [2.45, 2.75) is 26.2 Å². The van der Waals surface area contributed by atoms with Gasteiger partial charge >= 0.3 is 0 Å². The number of nitrogens with zero attached hydrogens (tertiary/aromatic N) is 13. The van der Waals surface area contributed by atoms with Gasteiger partial charge in [0.25, 0.3) is 17.7 Å². The normalized spacial score (nSPS) is 11.1. The lowest BCUT2D eigenvalue weighted by atomic mass is 10.0. The Morgan fingerprint density at radius 3 is 1.20 bits per heavy atom. The molecule has 14 rings (SSSR count). The lowest BCUT2D eigenvalue weighted by Crippen LogP contribution is -2.13. The number of aryl methyl sites for hydroxylation is 1. The minimum Gasteiger partial charge on any atom is -0.324 e. The van der Waals surface area contributed by atoms with Gasteiger partial charge in [-0.25, -0.2) is 34.4 Å². The summed E-state index contributed by atoms with van der Waals surface area (Å²) >= 11 is 0. The SMILES string of the molecule is CN(C)C/C=C/C(=O)Cc1cccc(C(=O)Nc2ccc(Nc3nccc(-c4c(-c5ccccc5)nn5ccccc45)n3)cc2)c1.CN(C)C/C=C/C(=O)Cc1cccc(C(=O)Nc2ccc(Nc3nccc(-c4cccnc4)n3)cc2)c1.Cc1cc(NC(=O)c2cccc(CC(=O)/C=C/CN(C)C)c2)ccc1Nc1nccc(-c2cccnc2)n1. The van der Waals surface area contributed by atoms with Crippen LogP contribution in [0.5, 0.6) is 0 Å². The van der Waals surface area contributed by atoms with Crippen molar-refractivity contribution >= 4 is 92.6 Å². The summed E-state index contributed by atoms with van der Waals surface area (Å²) in [4.78, 5) is 117. The van der Waals surface area contributed by atoms with E-state index in [2.05, 4.69) is 66.8 Å². The fourth-order valence-electron chi connectivity index (χ4n) is 12.4. The van der Waals surface area contributed by atoms with Crippen LogP contribution >= 0.6 is 0 Å². The minimum absolute atomic E-state index is 0.00178. The first-order chi connectivity index (χ1) is 58.7. The third kappa shape index (κ3) is 25.8. The summed E-state index contributed by atoms with van der Waals surface area (Å²) in [7, 11) is 11.7. The Morgan fingerprint density at radius 1 is 0.372 bits per heavy atom. The number of benzene rings is 7. The first kappa shape index (κ1) is 85.1. The van der Waals surface area contributed by atoms with Gasteiger partial charge in [0.05, 0.1) is 28.2 Å². The van der Waals surface area contributed by atoms with Crippen LogP contribution in [-0.2, 0) is 33.6 Å². The van der Waals surface area contributed by atoms with Gasteiger partial charge in [0.1, 0.15) is 5.69 Å². The zero-order valence-corrected chi connectivity index (χ0v) is 68.0. The molecule has 7 aromatic heterocycles. The highest BCUT2D eigenvalue weighted by Crippen LogP contribution is 2.35. The molecule has 6 N–H and O–H groups in total. The zero-order valence-electron chi connectivity index (χ0n) is 68.0. The summed E-state index contributed by atoms with van der Waals surface area (Å²) in [5.41, 5.74) is 16.9. The zero-order chi connectivity index (χ0) is 84.8. The first-order valence-corrected chi connectivity index (χ1v) is 38.9. The van der Waals surface area contributed by atoms with Crippen LogP contribution in [0.15, 0.2) is 317 Å². The van der Waals surface area contributed by atoms with Crippen molar-refractivity contribution < 1.29 is 28.8 Å². The molecule has 14 aromatic rings. The van der Waals surface area contributed by atoms with Gasteiger partial charge in [-0.15, -0.1) is 0 Å². The van der Waals surface area contributed by atoms with Crippen LogP contribution in [0.25, 0.3) is 50.5 Å². The first-order valence-electron chi connectivity index (χ1n) is 38.9. The van der Waals surface area contributed by atoms with Crippen LogP contribution in [-0.4, -0.2) is 161 Å². The van der Waals surface area contributed by atoms with Gasteiger partial charge in [-0.05, 0) is 247 Å². The Balaban J connectivity index is 0.000000168. The van der Waals surface area contributed by atoms with Crippen molar-refractivity contribution in [1.82, 2.24) is 64.2 Å². The van der Waals surface area contributed by atoms with E-state index in [0.29, 0.717) is 71.2 Å². The third-order valence-corrected chi connectivity index (χ3v) is 18.3. The molecule has 606 valence electrons. The van der Waals surface area contributed by atoms with E-state index >= 15 is 0 Å². The number of hydrogen-bond donors (Lipinski definition) is 6. The van der Waals surface area contributed by atoms with Gasteiger partial charge in [0, 0.05) is 156 Å². The number of fused-ring (bicyclic) bond motifs is 1. The average molecular weight is 1610 g/mol. The van der Waals surface area contributed by atoms with Gasteiger partial charge < -0.3 is 46.6 Å². The van der Waals surface area contributed by atoms with E-state index in [-0.39, 0.29) is 54.3 Å². The predicted molar refractivity (Wildman–Crippen MR) is 478 cm³/mol. The largest absolute Gasteiger partial charge is 0.324 e. The van der Waals surface area contributed by atoms with Gasteiger partial charge in [0.15, 0.2) is 17.3 Å². The van der Waals surface area contributed by atoms with Crippen LogP contribution in [0.2, 0.25) is 0 Å². The number of anilines is 9. The van der Waals surface area contributed by atoms with Crippen LogP contribution in [0.1, 0.15) is 53.3 Å². The molecule has 0 spiro atoms. The maximum absolute atomic E-state index is 13.0. The Hall–Kier alpha value is -15.3. The molecule has 0 unspecified atom stereocenters. The second-order valence-electron chi connectivity index (χ2n) is 28.8. The highest BCUT2D eigenvalue weighted by Gasteiger charge is 2.20. The number of allylic oxidation sites excluding steroid dienone is 3. The van der Waals surface area contributed by atoms with Crippen molar-refractivity contribution in [1.29, 1.82) is 0 Å². The number of amides is 3. The summed E-state index contributed by atoms with van der Waals surface area (Å²) in [5.74, 6) is 0.613. The topological polar surface area (TPSA) is 305 Å². The molecule has 0 saturated carbocycles. The lowest BCUT2D eigenvalue weighted by molar-refractivity contribution is -0.114. The van der Waals surface area contributed by atoms with Gasteiger partial charge in [-0.1, -0.05) is 91.0 Å². The molecule has 0 atom stereocenters. The molecule has 25 heteroatoms. The highest BCUT2D eigenvalue weighted by atomic mass is 16.2. The smallest absolute Gasteiger partial charge is 0.255 e. The molecule has 25 nitrogen and oxygen atoms in total. The Bertz CT molecular complexity index is 6000. The van der Waals surface area contributed by atoms with E-state index in [1.807, 2.05) is 257 Å². The molecule has 3 amide bonds. The molecule has 0 radical (unpaired) electrons. The summed E-state index contributed by atoms with van der Waals surface area (Å²) < 4.78 is 1.86. The number of carbonyl (C=O) groups is 6. The molecular weight excluding hydrogens is 1520 g/mol. The van der Waals surface area contributed by atoms with E-state index in [4.69, 9.17) is 10.1 Å². The molecule has 7 heterocycles. The van der Waals surface area contributed by atoms with Crippen LogP contribution in [0.4, 0.5) is 52.0 Å². The molecule has 0 saturated heterocycles. The number of aromatic nitrogens is 10. The summed E-state index contributed by atoms with van der Waals surface area (Å²) in [6.07, 6.45) is 25.0. The fourth-order valence-corrected chi connectivity index (χ4v) is 12.4. The lowest BCUT2D eigenvalue weighted by Gasteiger charge is -2.12. The number of likely N-dealkylation sites (N-methyl/N-ethyl adjacent to an activating group) is 3. The minimum atomic E-state index is -0.253. The Morgan fingerprint density at radius 2 is 0.769 bits per heavy atom. The second-order valence-corrected chi connectivity index (χ2v) is 28.8. The number of nitrogens with one attached hydrogen (secondary N) is 6. The Kier molecular flexibility index (Phi) is 29.9. The second kappa shape index (κ2) is 42.5. The van der Waals surface area contributed by atoms with Crippen molar-refractivity contribution in [3.05, 3.63) is 355 Å². The summed E-state index contributed by atoms with van der Waals surface area (Å²) in [6, 6.07) is 70.7. The molecule has 0 bridgehead atoms. The summed E-state index contributed by atoms with van der Waals surface area (Å²) in [6.45, 7) is 4.04. The van der Waals surface area contributed by atoms with Crippen molar-refractivity contribution in [3.63, 3.8) is 0 Å². The number of pyridine rings is 3. The number of hydrogen-bond acceptors (Lipinski definition) is 21. The van der Waals surface area contributed by atoms with Gasteiger partial charge in [-0.2, -0.15) is 5.10 Å². The van der Waals surface area contributed by atoms with Crippen molar-refractivity contribution in [2.75, 3.05) is 93.8 Å². The van der Waals surface area contributed by atoms with Crippen LogP contribution in [0.3, 0.4) is 0 Å². The molecule has 0 aliphatic rings. The number of rotatable bonds is 31.